The largest absolute Gasteiger partial charge is 0.245 e. The zero-order valence-electron chi connectivity index (χ0n) is 12.3. The van der Waals surface area contributed by atoms with Crippen molar-refractivity contribution in [3.8, 4) is 0 Å². The molecule has 1 heterocycles. The minimum absolute atomic E-state index is 0.527. The van der Waals surface area contributed by atoms with Crippen LogP contribution in [0.1, 0.15) is 50.7 Å². The molecule has 0 amide bonds. The third-order valence-electron chi connectivity index (χ3n) is 3.30. The summed E-state index contributed by atoms with van der Waals surface area (Å²) in [5.41, 5.74) is 4.00. The third-order valence-corrected chi connectivity index (χ3v) is 5.69. The van der Waals surface area contributed by atoms with Crippen molar-refractivity contribution in [2.75, 3.05) is 17.3 Å². The quantitative estimate of drug-likeness (QED) is 0.735. The minimum Gasteiger partial charge on any atom is -0.245 e. The number of aliphatic imine (C=N–C) groups is 1. The van der Waals surface area contributed by atoms with E-state index in [2.05, 4.69) is 45.9 Å². The molecule has 0 atom stereocenters. The van der Waals surface area contributed by atoms with Gasteiger partial charge >= 0.3 is 0 Å². The number of rotatable bonds is 3. The van der Waals surface area contributed by atoms with Gasteiger partial charge in [-0.2, -0.15) is 11.8 Å². The summed E-state index contributed by atoms with van der Waals surface area (Å²) in [6.45, 7) is 9.02. The van der Waals surface area contributed by atoms with Gasteiger partial charge in [-0.1, -0.05) is 45.9 Å². The van der Waals surface area contributed by atoms with Gasteiger partial charge in [0.05, 0.1) is 10.7 Å². The molecule has 1 fully saturated rings. The number of hydrogen-bond acceptors (Lipinski definition) is 3. The Balaban J connectivity index is 2.45. The molecule has 19 heavy (non-hydrogen) atoms. The van der Waals surface area contributed by atoms with E-state index in [1.54, 1.807) is 0 Å². The highest BCUT2D eigenvalue weighted by molar-refractivity contribution is 8.18. The molecule has 0 aromatic heterocycles. The molecule has 0 aliphatic carbocycles. The fourth-order valence-electron chi connectivity index (χ4n) is 2.25. The summed E-state index contributed by atoms with van der Waals surface area (Å²) in [5.74, 6) is 4.59. The first-order chi connectivity index (χ1) is 9.09. The lowest BCUT2D eigenvalue weighted by Crippen LogP contribution is -2.07. The predicted molar refractivity (Wildman–Crippen MR) is 91.5 cm³/mol. The van der Waals surface area contributed by atoms with E-state index in [4.69, 9.17) is 4.99 Å². The molecule has 0 radical (unpaired) electrons. The van der Waals surface area contributed by atoms with Crippen molar-refractivity contribution in [1.29, 1.82) is 0 Å². The van der Waals surface area contributed by atoms with Crippen LogP contribution in [0.5, 0.6) is 0 Å². The molecule has 0 N–H and O–H groups in total. The van der Waals surface area contributed by atoms with E-state index in [1.807, 2.05) is 23.5 Å². The lowest BCUT2D eigenvalue weighted by molar-refractivity contribution is 0.835. The van der Waals surface area contributed by atoms with Crippen LogP contribution in [0.3, 0.4) is 0 Å². The number of thioether (sulfide) groups is 2. The zero-order chi connectivity index (χ0) is 13.8. The first-order valence-electron chi connectivity index (χ1n) is 7.00. The molecule has 1 aromatic carbocycles. The summed E-state index contributed by atoms with van der Waals surface area (Å²) in [7, 11) is 0. The van der Waals surface area contributed by atoms with Gasteiger partial charge in [0.1, 0.15) is 0 Å². The Labute approximate surface area is 125 Å². The van der Waals surface area contributed by atoms with Crippen molar-refractivity contribution in [1.82, 2.24) is 0 Å². The normalized spacial score (nSPS) is 18.5. The van der Waals surface area contributed by atoms with Gasteiger partial charge in [0.25, 0.3) is 0 Å². The Morgan fingerprint density at radius 3 is 2.11 bits per heavy atom. The SMILES string of the molecule is CC(C)c1cccc(C(C)C)c1/N=C1/CSCCS1. The van der Waals surface area contributed by atoms with E-state index in [0.29, 0.717) is 11.8 Å². The average molecular weight is 294 g/mol. The summed E-state index contributed by atoms with van der Waals surface area (Å²) in [5, 5.41) is 1.30. The van der Waals surface area contributed by atoms with Gasteiger partial charge in [-0.05, 0) is 23.0 Å². The highest BCUT2D eigenvalue weighted by Gasteiger charge is 2.15. The molecular formula is C16H23NS2. The van der Waals surface area contributed by atoms with Crippen molar-refractivity contribution in [3.05, 3.63) is 29.3 Å². The lowest BCUT2D eigenvalue weighted by Gasteiger charge is -2.18. The standard InChI is InChI=1S/C16H23NS2/c1-11(2)13-6-5-7-14(12(3)4)16(13)17-15-10-18-8-9-19-15/h5-7,11-12H,8-10H2,1-4H3/b17-15-. The van der Waals surface area contributed by atoms with Crippen molar-refractivity contribution in [3.63, 3.8) is 0 Å². The third kappa shape index (κ3) is 3.79. The van der Waals surface area contributed by atoms with Crippen LogP contribution >= 0.6 is 23.5 Å². The van der Waals surface area contributed by atoms with Gasteiger partial charge in [0.2, 0.25) is 0 Å². The van der Waals surface area contributed by atoms with Crippen LogP contribution in [0, 0.1) is 0 Å². The molecule has 0 unspecified atom stereocenters. The molecule has 1 aromatic rings. The minimum atomic E-state index is 0.527. The first kappa shape index (κ1) is 15.0. The fourth-order valence-corrected chi connectivity index (χ4v) is 4.41. The molecule has 1 nitrogen and oxygen atoms in total. The smallest absolute Gasteiger partial charge is 0.0838 e. The maximum Gasteiger partial charge on any atom is 0.0838 e. The summed E-state index contributed by atoms with van der Waals surface area (Å²) in [4.78, 5) is 5.02. The van der Waals surface area contributed by atoms with Crippen LogP contribution in [-0.4, -0.2) is 22.3 Å². The van der Waals surface area contributed by atoms with E-state index in [0.717, 1.165) is 5.75 Å². The van der Waals surface area contributed by atoms with E-state index < -0.39 is 0 Å². The summed E-state index contributed by atoms with van der Waals surface area (Å²) >= 11 is 3.93. The van der Waals surface area contributed by atoms with Crippen LogP contribution in [0.15, 0.2) is 23.2 Å². The average Bonchev–Trinajstić information content (AvgIpc) is 2.39. The number of hydrogen-bond donors (Lipinski definition) is 0. The molecular weight excluding hydrogens is 270 g/mol. The van der Waals surface area contributed by atoms with Crippen molar-refractivity contribution < 1.29 is 0 Å². The molecule has 1 aliphatic heterocycles. The predicted octanol–water partition coefficient (Wildman–Crippen LogP) is 5.44. The van der Waals surface area contributed by atoms with E-state index in [-0.39, 0.29) is 0 Å². The molecule has 3 heteroatoms. The lowest BCUT2D eigenvalue weighted by atomic mass is 9.93. The topological polar surface area (TPSA) is 12.4 Å². The van der Waals surface area contributed by atoms with Gasteiger partial charge in [-0.25, -0.2) is 4.99 Å². The molecule has 0 saturated carbocycles. The molecule has 1 saturated heterocycles. The Hall–Kier alpha value is -0.410. The van der Waals surface area contributed by atoms with Crippen molar-refractivity contribution in [2.45, 2.75) is 39.5 Å². The fraction of sp³-hybridized carbons (Fsp3) is 0.562. The molecule has 0 bridgehead atoms. The monoisotopic (exact) mass is 293 g/mol. The van der Waals surface area contributed by atoms with E-state index >= 15 is 0 Å². The molecule has 1 aliphatic rings. The molecule has 104 valence electrons. The van der Waals surface area contributed by atoms with Gasteiger partial charge in [-0.15, -0.1) is 11.8 Å². The maximum atomic E-state index is 5.02. The second kappa shape index (κ2) is 6.85. The van der Waals surface area contributed by atoms with Gasteiger partial charge in [0.15, 0.2) is 0 Å². The second-order valence-electron chi connectivity index (χ2n) is 5.50. The first-order valence-corrected chi connectivity index (χ1v) is 9.14. The van der Waals surface area contributed by atoms with Crippen LogP contribution in [-0.2, 0) is 0 Å². The zero-order valence-corrected chi connectivity index (χ0v) is 13.9. The Kier molecular flexibility index (Phi) is 5.40. The summed E-state index contributed by atoms with van der Waals surface area (Å²) < 4.78 is 0. The Morgan fingerprint density at radius 2 is 1.63 bits per heavy atom. The van der Waals surface area contributed by atoms with Crippen LogP contribution in [0.25, 0.3) is 0 Å². The van der Waals surface area contributed by atoms with Gasteiger partial charge < -0.3 is 0 Å². The second-order valence-corrected chi connectivity index (χ2v) is 7.77. The number of benzene rings is 1. The maximum absolute atomic E-state index is 5.02. The highest BCUT2D eigenvalue weighted by atomic mass is 32.2. The number of nitrogens with zero attached hydrogens (tertiary/aromatic N) is 1. The van der Waals surface area contributed by atoms with Gasteiger partial charge in [0, 0.05) is 17.3 Å². The van der Waals surface area contributed by atoms with Crippen molar-refractivity contribution in [2.24, 2.45) is 4.99 Å². The molecule has 0 spiro atoms. The van der Waals surface area contributed by atoms with Gasteiger partial charge in [-0.3, -0.25) is 0 Å². The Morgan fingerprint density at radius 1 is 1.00 bits per heavy atom. The van der Waals surface area contributed by atoms with Crippen LogP contribution in [0.4, 0.5) is 5.69 Å². The summed E-state index contributed by atoms with van der Waals surface area (Å²) in [6, 6.07) is 6.64. The Bertz CT molecular complexity index is 430. The van der Waals surface area contributed by atoms with Crippen LogP contribution in [0.2, 0.25) is 0 Å². The van der Waals surface area contributed by atoms with Crippen molar-refractivity contribution >= 4 is 34.3 Å². The van der Waals surface area contributed by atoms with Crippen LogP contribution < -0.4 is 0 Å². The number of para-hydroxylation sites is 1. The van der Waals surface area contributed by atoms with E-state index in [9.17, 15) is 0 Å². The summed E-state index contributed by atoms with van der Waals surface area (Å²) in [6.07, 6.45) is 0. The molecule has 2 rings (SSSR count). The van der Waals surface area contributed by atoms with E-state index in [1.165, 1.54) is 33.4 Å². The highest BCUT2D eigenvalue weighted by Crippen LogP contribution is 2.36.